The van der Waals surface area contributed by atoms with Crippen LogP contribution in [-0.2, 0) is 6.54 Å². The van der Waals surface area contributed by atoms with Crippen molar-refractivity contribution in [2.24, 2.45) is 0 Å². The molecule has 0 bridgehead atoms. The number of thioether (sulfide) groups is 1. The highest BCUT2D eigenvalue weighted by Crippen LogP contribution is 2.37. The van der Waals surface area contributed by atoms with Crippen molar-refractivity contribution in [2.75, 3.05) is 11.9 Å². The van der Waals surface area contributed by atoms with Crippen LogP contribution in [0.4, 0.5) is 18.9 Å². The molecule has 2 aromatic carbocycles. The van der Waals surface area contributed by atoms with Gasteiger partial charge in [-0.1, -0.05) is 18.2 Å². The van der Waals surface area contributed by atoms with Gasteiger partial charge in [0.05, 0.1) is 17.9 Å². The summed E-state index contributed by atoms with van der Waals surface area (Å²) >= 11 is -0.265. The molecule has 0 aliphatic carbocycles. The van der Waals surface area contributed by atoms with E-state index in [-0.39, 0.29) is 52.1 Å². The summed E-state index contributed by atoms with van der Waals surface area (Å²) in [6, 6.07) is 17.4. The second-order valence-electron chi connectivity index (χ2n) is 7.90. The number of carbonyl (C=O) groups is 1. The van der Waals surface area contributed by atoms with Gasteiger partial charge in [-0.3, -0.25) is 14.3 Å². The van der Waals surface area contributed by atoms with Crippen molar-refractivity contribution in [3.8, 4) is 11.6 Å². The summed E-state index contributed by atoms with van der Waals surface area (Å²) in [5.41, 5.74) is -3.03. The van der Waals surface area contributed by atoms with E-state index in [2.05, 4.69) is 4.98 Å². The van der Waals surface area contributed by atoms with Crippen molar-refractivity contribution in [2.45, 2.75) is 23.9 Å². The molecule has 11 heteroatoms. The molecule has 2 aromatic heterocycles. The fourth-order valence-corrected chi connectivity index (χ4v) is 4.21. The minimum Gasteiger partial charge on any atom is -0.493 e. The summed E-state index contributed by atoms with van der Waals surface area (Å²) < 4.78 is 40.1. The number of hydrogen-bond acceptors (Lipinski definition) is 5. The van der Waals surface area contributed by atoms with E-state index in [1.54, 1.807) is 38.2 Å². The third-order valence-corrected chi connectivity index (χ3v) is 6.26. The number of amides is 1. The van der Waals surface area contributed by atoms with E-state index in [9.17, 15) is 27.9 Å². The van der Waals surface area contributed by atoms with E-state index in [1.807, 2.05) is 18.2 Å². The van der Waals surface area contributed by atoms with Crippen molar-refractivity contribution in [1.82, 2.24) is 14.1 Å². The monoisotopic (exact) mass is 514 g/mol. The summed E-state index contributed by atoms with van der Waals surface area (Å²) in [5.74, 6) is -0.658. The van der Waals surface area contributed by atoms with Gasteiger partial charge >= 0.3 is 11.2 Å². The van der Waals surface area contributed by atoms with E-state index in [0.29, 0.717) is 11.3 Å². The first kappa shape index (κ1) is 25.1. The zero-order valence-electron chi connectivity index (χ0n) is 19.2. The lowest BCUT2D eigenvalue weighted by Gasteiger charge is -2.17. The van der Waals surface area contributed by atoms with E-state index in [0.717, 1.165) is 4.57 Å². The van der Waals surface area contributed by atoms with Crippen LogP contribution in [0, 0.1) is 6.92 Å². The minimum absolute atomic E-state index is 0.0376. The first-order valence-corrected chi connectivity index (χ1v) is 11.5. The topological polar surface area (TPSA) is 80.4 Å². The quantitative estimate of drug-likeness (QED) is 0.367. The molecule has 2 heterocycles. The largest absolute Gasteiger partial charge is 0.493 e. The number of para-hydroxylation sites is 1. The number of hydrogen-bond donors (Lipinski definition) is 1. The molecule has 0 aliphatic rings. The fraction of sp³-hybridized carbons (Fsp3) is 0.160. The van der Waals surface area contributed by atoms with Gasteiger partial charge in [-0.25, -0.2) is 9.36 Å². The number of aromatic hydroxyl groups is 1. The third-order valence-electron chi connectivity index (χ3n) is 5.52. The number of rotatable bonds is 6. The van der Waals surface area contributed by atoms with E-state index in [1.165, 1.54) is 39.9 Å². The molecule has 0 saturated carbocycles. The SMILES string of the molecule is Cc1c(O)n(-c2ccc(SC(F)(F)F)cc2)c(=O)n1Cc1ccnc(C(=O)N(C)c2ccccc2)c1. The number of anilines is 1. The predicted octanol–water partition coefficient (Wildman–Crippen LogP) is 4.98. The van der Waals surface area contributed by atoms with E-state index in [4.69, 9.17) is 0 Å². The fourth-order valence-electron chi connectivity index (χ4n) is 3.67. The molecule has 4 aromatic rings. The molecule has 7 nitrogen and oxygen atoms in total. The number of aromatic nitrogens is 3. The minimum atomic E-state index is -4.43. The van der Waals surface area contributed by atoms with Crippen molar-refractivity contribution in [3.63, 3.8) is 0 Å². The zero-order chi connectivity index (χ0) is 26.0. The van der Waals surface area contributed by atoms with Crippen molar-refractivity contribution >= 4 is 23.4 Å². The molecule has 186 valence electrons. The Labute approximate surface area is 208 Å². The van der Waals surface area contributed by atoms with Gasteiger partial charge in [0, 0.05) is 23.8 Å². The van der Waals surface area contributed by atoms with Crippen LogP contribution in [0.25, 0.3) is 5.69 Å². The average molecular weight is 515 g/mol. The Morgan fingerprint density at radius 3 is 2.39 bits per heavy atom. The van der Waals surface area contributed by atoms with Gasteiger partial charge in [0.15, 0.2) is 0 Å². The highest BCUT2D eigenvalue weighted by molar-refractivity contribution is 8.00. The van der Waals surface area contributed by atoms with Crippen LogP contribution in [0.3, 0.4) is 0 Å². The molecule has 1 N–H and O–H groups in total. The van der Waals surface area contributed by atoms with Crippen LogP contribution < -0.4 is 10.6 Å². The summed E-state index contributed by atoms with van der Waals surface area (Å²) in [7, 11) is 1.64. The molecule has 0 saturated heterocycles. The maximum Gasteiger partial charge on any atom is 0.446 e. The number of pyridine rings is 1. The summed E-state index contributed by atoms with van der Waals surface area (Å²) in [4.78, 5) is 31.6. The van der Waals surface area contributed by atoms with Gasteiger partial charge in [0.2, 0.25) is 5.88 Å². The Bertz CT molecular complexity index is 1450. The normalized spacial score (nSPS) is 11.5. The summed E-state index contributed by atoms with van der Waals surface area (Å²) in [6.07, 6.45) is 1.47. The highest BCUT2D eigenvalue weighted by Gasteiger charge is 2.29. The first-order chi connectivity index (χ1) is 17.0. The number of benzene rings is 2. The molecule has 4 rings (SSSR count). The number of carbonyl (C=O) groups excluding carboxylic acids is 1. The molecule has 0 aliphatic heterocycles. The zero-order valence-corrected chi connectivity index (χ0v) is 20.0. The average Bonchev–Trinajstić information content (AvgIpc) is 3.06. The van der Waals surface area contributed by atoms with E-state index < -0.39 is 11.2 Å². The number of nitrogens with zero attached hydrogens (tertiary/aromatic N) is 4. The number of alkyl halides is 3. The Morgan fingerprint density at radius 2 is 1.75 bits per heavy atom. The summed E-state index contributed by atoms with van der Waals surface area (Å²) in [5, 5.41) is 10.6. The molecule has 0 fully saturated rings. The van der Waals surface area contributed by atoms with Crippen LogP contribution in [0.15, 0.2) is 82.6 Å². The smallest absolute Gasteiger partial charge is 0.446 e. The van der Waals surface area contributed by atoms with Crippen LogP contribution in [0.1, 0.15) is 21.7 Å². The number of imidazole rings is 1. The third kappa shape index (κ3) is 5.30. The second kappa shape index (κ2) is 9.94. The molecule has 0 unspecified atom stereocenters. The Morgan fingerprint density at radius 1 is 1.08 bits per heavy atom. The van der Waals surface area contributed by atoms with Gasteiger partial charge in [0.25, 0.3) is 5.91 Å². The van der Waals surface area contributed by atoms with E-state index >= 15 is 0 Å². The lowest BCUT2D eigenvalue weighted by molar-refractivity contribution is -0.0328. The maximum absolute atomic E-state index is 13.1. The van der Waals surface area contributed by atoms with Crippen molar-refractivity contribution < 1.29 is 23.1 Å². The Balaban J connectivity index is 1.60. The molecular formula is C25H21F3N4O3S. The molecule has 0 radical (unpaired) electrons. The van der Waals surface area contributed by atoms with Crippen molar-refractivity contribution in [1.29, 1.82) is 0 Å². The molecule has 0 spiro atoms. The van der Waals surface area contributed by atoms with Gasteiger partial charge in [-0.15, -0.1) is 0 Å². The molecule has 36 heavy (non-hydrogen) atoms. The highest BCUT2D eigenvalue weighted by atomic mass is 32.2. The lowest BCUT2D eigenvalue weighted by atomic mass is 10.2. The molecular weight excluding hydrogens is 493 g/mol. The lowest BCUT2D eigenvalue weighted by Crippen LogP contribution is -2.27. The summed E-state index contributed by atoms with van der Waals surface area (Å²) in [6.45, 7) is 1.60. The van der Waals surface area contributed by atoms with Gasteiger partial charge < -0.3 is 10.0 Å². The number of halogens is 3. The predicted molar refractivity (Wildman–Crippen MR) is 131 cm³/mol. The van der Waals surface area contributed by atoms with Gasteiger partial charge in [-0.05, 0) is 72.8 Å². The maximum atomic E-state index is 13.1. The van der Waals surface area contributed by atoms with Crippen LogP contribution in [0.5, 0.6) is 5.88 Å². The second-order valence-corrected chi connectivity index (χ2v) is 9.04. The molecule has 0 atom stereocenters. The van der Waals surface area contributed by atoms with Crippen LogP contribution in [-0.4, -0.2) is 37.7 Å². The standard InChI is InChI=1S/C25H21F3N4O3S/c1-16-22(33)32(19-8-10-20(11-9-19)36-25(26,27)28)24(35)31(16)15-17-12-13-29-21(14-17)23(34)30(2)18-6-4-3-5-7-18/h3-14,33H,15H2,1-2H3. The Hall–Kier alpha value is -3.99. The molecule has 1 amide bonds. The van der Waals surface area contributed by atoms with Crippen molar-refractivity contribution in [3.05, 3.63) is 100 Å². The van der Waals surface area contributed by atoms with Crippen LogP contribution >= 0.6 is 11.8 Å². The Kier molecular flexibility index (Phi) is 6.93. The van der Waals surface area contributed by atoms with Crippen LogP contribution in [0.2, 0.25) is 0 Å². The van der Waals surface area contributed by atoms with Gasteiger partial charge in [-0.2, -0.15) is 13.2 Å². The first-order valence-electron chi connectivity index (χ1n) is 10.7. The van der Waals surface area contributed by atoms with Gasteiger partial charge in [0.1, 0.15) is 5.69 Å².